The summed E-state index contributed by atoms with van der Waals surface area (Å²) < 4.78 is 3.54. The van der Waals surface area contributed by atoms with Crippen LogP contribution in [0.25, 0.3) is 16.7 Å². The summed E-state index contributed by atoms with van der Waals surface area (Å²) in [7, 11) is 1.82. The van der Waals surface area contributed by atoms with Crippen LogP contribution in [0.5, 0.6) is 0 Å². The molecule has 1 saturated heterocycles. The molecule has 1 fully saturated rings. The van der Waals surface area contributed by atoms with E-state index >= 15 is 0 Å². The summed E-state index contributed by atoms with van der Waals surface area (Å²) in [5.74, 6) is 0.550. The minimum absolute atomic E-state index is 0.0189. The smallest absolute Gasteiger partial charge is 0.310 e. The first kappa shape index (κ1) is 15.6. The van der Waals surface area contributed by atoms with Crippen LogP contribution in [0.1, 0.15) is 39.3 Å². The molecule has 1 N–H and O–H groups in total. The van der Waals surface area contributed by atoms with Crippen LogP contribution in [0.3, 0.4) is 0 Å². The Bertz CT molecular complexity index is 873. The van der Waals surface area contributed by atoms with Gasteiger partial charge in [-0.2, -0.15) is 0 Å². The van der Waals surface area contributed by atoms with Crippen molar-refractivity contribution in [3.8, 4) is 0 Å². The number of hydrogen-bond donors (Lipinski definition) is 1. The zero-order chi connectivity index (χ0) is 17.1. The minimum Gasteiger partial charge on any atom is -0.310 e. The molecule has 0 saturated carbocycles. The van der Waals surface area contributed by atoms with Crippen LogP contribution in [0.15, 0.2) is 23.0 Å². The molecule has 0 radical (unpaired) electrons. The maximum Gasteiger partial charge on any atom is 0.330 e. The Morgan fingerprint density at radius 1 is 1.29 bits per heavy atom. The molecule has 0 spiro atoms. The van der Waals surface area contributed by atoms with E-state index in [9.17, 15) is 4.79 Å². The van der Waals surface area contributed by atoms with E-state index in [-0.39, 0.29) is 11.1 Å². The lowest BCUT2D eigenvalue weighted by Crippen LogP contribution is -2.42. The van der Waals surface area contributed by atoms with Crippen LogP contribution in [0.4, 0.5) is 0 Å². The molecular weight excluding hydrogens is 300 g/mol. The van der Waals surface area contributed by atoms with Crippen molar-refractivity contribution in [3.05, 3.63) is 34.4 Å². The average molecular weight is 326 g/mol. The molecular formula is C19H26N4O. The lowest BCUT2D eigenvalue weighted by atomic mass is 9.80. The number of fused-ring (bicyclic) bond motifs is 3. The summed E-state index contributed by atoms with van der Waals surface area (Å²) in [5, 5.41) is 3.54. The number of imidazole rings is 1. The fourth-order valence-electron chi connectivity index (χ4n) is 3.99. The van der Waals surface area contributed by atoms with Gasteiger partial charge in [0.05, 0.1) is 11.2 Å². The molecule has 128 valence electrons. The number of rotatable bonds is 2. The van der Waals surface area contributed by atoms with Gasteiger partial charge in [0, 0.05) is 26.2 Å². The second-order valence-electron chi connectivity index (χ2n) is 8.44. The van der Waals surface area contributed by atoms with Crippen molar-refractivity contribution in [1.29, 1.82) is 0 Å². The van der Waals surface area contributed by atoms with E-state index in [1.165, 1.54) is 18.4 Å². The molecule has 0 aromatic carbocycles. The normalized spacial score (nSPS) is 23.8. The highest BCUT2D eigenvalue weighted by molar-refractivity contribution is 5.77. The Hall–Kier alpha value is -1.88. The van der Waals surface area contributed by atoms with Crippen molar-refractivity contribution in [2.45, 2.75) is 46.2 Å². The third-order valence-corrected chi connectivity index (χ3v) is 5.18. The Balaban J connectivity index is 1.82. The highest BCUT2D eigenvalue weighted by Crippen LogP contribution is 2.35. The van der Waals surface area contributed by atoms with E-state index in [1.54, 1.807) is 4.57 Å². The molecule has 2 aromatic rings. The van der Waals surface area contributed by atoms with Crippen molar-refractivity contribution >= 4 is 16.7 Å². The topological polar surface area (TPSA) is 51.9 Å². The summed E-state index contributed by atoms with van der Waals surface area (Å²) in [4.78, 5) is 17.5. The molecule has 24 heavy (non-hydrogen) atoms. The molecule has 5 rings (SSSR count). The number of aromatic nitrogens is 3. The maximum absolute atomic E-state index is 12.6. The van der Waals surface area contributed by atoms with E-state index in [2.05, 4.69) is 44.3 Å². The Morgan fingerprint density at radius 2 is 2.08 bits per heavy atom. The van der Waals surface area contributed by atoms with Crippen LogP contribution in [-0.2, 0) is 13.6 Å². The second kappa shape index (κ2) is 5.31. The fraction of sp³-hybridized carbons (Fsp3) is 0.579. The summed E-state index contributed by atoms with van der Waals surface area (Å²) >= 11 is 0. The number of pyridine rings is 1. The van der Waals surface area contributed by atoms with Crippen LogP contribution in [0.2, 0.25) is 0 Å². The molecule has 2 aromatic heterocycles. The Kier molecular flexibility index (Phi) is 3.46. The van der Waals surface area contributed by atoms with Gasteiger partial charge in [-0.05, 0) is 41.9 Å². The zero-order valence-electron chi connectivity index (χ0n) is 15.0. The molecule has 2 atom stereocenters. The third-order valence-electron chi connectivity index (χ3n) is 5.18. The van der Waals surface area contributed by atoms with Gasteiger partial charge in [0.1, 0.15) is 0 Å². The second-order valence-corrected chi connectivity index (χ2v) is 8.44. The van der Waals surface area contributed by atoms with Gasteiger partial charge in [-0.15, -0.1) is 0 Å². The highest BCUT2D eigenvalue weighted by atomic mass is 16.1. The molecule has 2 bridgehead atoms. The number of hydrogen-bond acceptors (Lipinski definition) is 3. The molecule has 3 aliphatic rings. The van der Waals surface area contributed by atoms with E-state index < -0.39 is 0 Å². The lowest BCUT2D eigenvalue weighted by molar-refractivity contribution is 0.342. The van der Waals surface area contributed by atoms with Crippen LogP contribution in [-0.4, -0.2) is 26.7 Å². The van der Waals surface area contributed by atoms with Crippen molar-refractivity contribution in [2.75, 3.05) is 6.54 Å². The van der Waals surface area contributed by atoms with Gasteiger partial charge in [-0.25, -0.2) is 9.78 Å². The molecule has 5 nitrogen and oxygen atoms in total. The maximum atomic E-state index is 12.6. The van der Waals surface area contributed by atoms with E-state index in [0.29, 0.717) is 18.5 Å². The molecule has 2 aliphatic heterocycles. The SMILES string of the molecule is Cn1c(=O)n(CC(C)(C)C)c2ccc(C3=CC4CCC3CN4)nc21. The van der Waals surface area contributed by atoms with Gasteiger partial charge in [0.25, 0.3) is 0 Å². The van der Waals surface area contributed by atoms with Crippen LogP contribution >= 0.6 is 0 Å². The number of nitrogens with one attached hydrogen (secondary N) is 1. The Labute approximate surface area is 142 Å². The van der Waals surface area contributed by atoms with Crippen molar-refractivity contribution in [2.24, 2.45) is 18.4 Å². The standard InChI is InChI=1S/C19H26N4O/c1-19(2,3)11-23-16-8-7-15(21-17(16)22(4)18(23)24)14-9-13-6-5-12(14)10-20-13/h7-9,12-13,20H,5-6,10-11H2,1-4H3. The predicted molar refractivity (Wildman–Crippen MR) is 96.9 cm³/mol. The number of nitrogens with zero attached hydrogens (tertiary/aromatic N) is 3. The van der Waals surface area contributed by atoms with Gasteiger partial charge in [-0.3, -0.25) is 9.13 Å². The monoisotopic (exact) mass is 326 g/mol. The molecule has 1 aliphatic carbocycles. The van der Waals surface area contributed by atoms with Gasteiger partial charge in [-0.1, -0.05) is 26.8 Å². The van der Waals surface area contributed by atoms with Gasteiger partial charge >= 0.3 is 5.69 Å². The summed E-state index contributed by atoms with van der Waals surface area (Å²) in [6.45, 7) is 8.19. The summed E-state index contributed by atoms with van der Waals surface area (Å²) in [5.41, 5.74) is 4.17. The zero-order valence-corrected chi connectivity index (χ0v) is 15.0. The summed E-state index contributed by atoms with van der Waals surface area (Å²) in [6, 6.07) is 4.64. The summed E-state index contributed by atoms with van der Waals surface area (Å²) in [6.07, 6.45) is 4.78. The van der Waals surface area contributed by atoms with Crippen molar-refractivity contribution in [1.82, 2.24) is 19.4 Å². The first-order valence-electron chi connectivity index (χ1n) is 8.85. The molecule has 2 unspecified atom stereocenters. The van der Waals surface area contributed by atoms with Crippen LogP contribution in [0, 0.1) is 11.3 Å². The molecule has 4 heterocycles. The fourth-order valence-corrected chi connectivity index (χ4v) is 3.99. The first-order valence-corrected chi connectivity index (χ1v) is 8.85. The number of piperidine rings is 1. The molecule has 0 amide bonds. The third kappa shape index (κ3) is 2.51. The van der Waals surface area contributed by atoms with Gasteiger partial charge in [0.15, 0.2) is 5.65 Å². The van der Waals surface area contributed by atoms with E-state index in [4.69, 9.17) is 4.98 Å². The largest absolute Gasteiger partial charge is 0.330 e. The van der Waals surface area contributed by atoms with Crippen molar-refractivity contribution < 1.29 is 0 Å². The number of aryl methyl sites for hydroxylation is 1. The minimum atomic E-state index is 0.0189. The van der Waals surface area contributed by atoms with Gasteiger partial charge in [0.2, 0.25) is 0 Å². The Morgan fingerprint density at radius 3 is 2.67 bits per heavy atom. The van der Waals surface area contributed by atoms with Crippen molar-refractivity contribution in [3.63, 3.8) is 0 Å². The lowest BCUT2D eigenvalue weighted by Gasteiger charge is -2.36. The van der Waals surface area contributed by atoms with Crippen LogP contribution < -0.4 is 11.0 Å². The molecule has 5 heteroatoms. The van der Waals surface area contributed by atoms with Gasteiger partial charge < -0.3 is 5.32 Å². The first-order chi connectivity index (χ1) is 11.3. The average Bonchev–Trinajstić information content (AvgIpc) is 2.79. The highest BCUT2D eigenvalue weighted by Gasteiger charge is 2.30. The quantitative estimate of drug-likeness (QED) is 0.923. The predicted octanol–water partition coefficient (Wildman–Crippen LogP) is 2.55. The van der Waals surface area contributed by atoms with E-state index in [1.807, 2.05) is 11.6 Å². The van der Waals surface area contributed by atoms with E-state index in [0.717, 1.165) is 23.4 Å².